The van der Waals surface area contributed by atoms with Crippen molar-refractivity contribution < 1.29 is 9.21 Å². The van der Waals surface area contributed by atoms with E-state index in [0.717, 1.165) is 12.8 Å². The van der Waals surface area contributed by atoms with Crippen molar-refractivity contribution in [2.24, 2.45) is 0 Å². The van der Waals surface area contributed by atoms with Crippen molar-refractivity contribution in [2.75, 3.05) is 0 Å². The van der Waals surface area contributed by atoms with Crippen LogP contribution >= 0.6 is 11.6 Å². The van der Waals surface area contributed by atoms with Crippen LogP contribution in [0.1, 0.15) is 37.0 Å². The van der Waals surface area contributed by atoms with E-state index in [1.165, 1.54) is 6.26 Å². The van der Waals surface area contributed by atoms with E-state index in [1.807, 2.05) is 13.8 Å². The van der Waals surface area contributed by atoms with Crippen molar-refractivity contribution in [3.05, 3.63) is 23.1 Å². The SMILES string of the molecule is CCC(CC)NC(=O)c1ccoc1Cl. The molecule has 3 nitrogen and oxygen atoms in total. The van der Waals surface area contributed by atoms with E-state index < -0.39 is 0 Å². The monoisotopic (exact) mass is 215 g/mol. The van der Waals surface area contributed by atoms with Gasteiger partial charge in [0.25, 0.3) is 5.91 Å². The molecule has 0 unspecified atom stereocenters. The lowest BCUT2D eigenvalue weighted by Gasteiger charge is -2.13. The third kappa shape index (κ3) is 2.51. The predicted octanol–water partition coefficient (Wildman–Crippen LogP) is 2.85. The van der Waals surface area contributed by atoms with Crippen LogP contribution in [0.15, 0.2) is 16.7 Å². The van der Waals surface area contributed by atoms with Crippen LogP contribution in [0, 0.1) is 0 Å². The maximum atomic E-state index is 11.6. The summed E-state index contributed by atoms with van der Waals surface area (Å²) in [5, 5.41) is 3.02. The fraction of sp³-hybridized carbons (Fsp3) is 0.500. The topological polar surface area (TPSA) is 42.2 Å². The van der Waals surface area contributed by atoms with Gasteiger partial charge in [0.1, 0.15) is 0 Å². The number of hydrogen-bond donors (Lipinski definition) is 1. The van der Waals surface area contributed by atoms with Gasteiger partial charge in [0.15, 0.2) is 0 Å². The number of amides is 1. The molecule has 1 aromatic heterocycles. The zero-order chi connectivity index (χ0) is 10.6. The number of halogens is 1. The Morgan fingerprint density at radius 2 is 2.21 bits per heavy atom. The van der Waals surface area contributed by atoms with Crippen molar-refractivity contribution in [3.8, 4) is 0 Å². The summed E-state index contributed by atoms with van der Waals surface area (Å²) in [7, 11) is 0. The lowest BCUT2D eigenvalue weighted by molar-refractivity contribution is 0.0934. The van der Waals surface area contributed by atoms with E-state index >= 15 is 0 Å². The summed E-state index contributed by atoms with van der Waals surface area (Å²) in [4.78, 5) is 11.6. The van der Waals surface area contributed by atoms with Crippen molar-refractivity contribution in [1.29, 1.82) is 0 Å². The van der Waals surface area contributed by atoms with Gasteiger partial charge in [0.05, 0.1) is 11.8 Å². The molecule has 0 aliphatic heterocycles. The predicted molar refractivity (Wildman–Crippen MR) is 55.6 cm³/mol. The number of furan rings is 1. The summed E-state index contributed by atoms with van der Waals surface area (Å²) in [6.07, 6.45) is 3.24. The molecule has 78 valence electrons. The summed E-state index contributed by atoms with van der Waals surface area (Å²) in [5.41, 5.74) is 0.401. The highest BCUT2D eigenvalue weighted by molar-refractivity contribution is 6.32. The first-order valence-corrected chi connectivity index (χ1v) is 5.10. The van der Waals surface area contributed by atoms with Gasteiger partial charge in [0.2, 0.25) is 5.22 Å². The summed E-state index contributed by atoms with van der Waals surface area (Å²) >= 11 is 5.68. The molecule has 1 aromatic rings. The molecule has 0 bridgehead atoms. The van der Waals surface area contributed by atoms with Crippen LogP contribution in [0.2, 0.25) is 5.22 Å². The molecule has 0 saturated carbocycles. The molecule has 14 heavy (non-hydrogen) atoms. The average molecular weight is 216 g/mol. The van der Waals surface area contributed by atoms with E-state index in [1.54, 1.807) is 6.07 Å². The Kier molecular flexibility index (Phi) is 4.01. The smallest absolute Gasteiger partial charge is 0.256 e. The fourth-order valence-electron chi connectivity index (χ4n) is 1.21. The van der Waals surface area contributed by atoms with Crippen LogP contribution in [0.25, 0.3) is 0 Å². The number of carbonyl (C=O) groups excluding carboxylic acids is 1. The zero-order valence-electron chi connectivity index (χ0n) is 8.34. The molecule has 4 heteroatoms. The Hall–Kier alpha value is -0.960. The summed E-state index contributed by atoms with van der Waals surface area (Å²) in [5.74, 6) is -0.169. The number of carbonyl (C=O) groups is 1. The van der Waals surface area contributed by atoms with Gasteiger partial charge in [-0.1, -0.05) is 13.8 Å². The lowest BCUT2D eigenvalue weighted by atomic mass is 10.1. The maximum Gasteiger partial charge on any atom is 0.256 e. The molecule has 0 radical (unpaired) electrons. The molecule has 0 aliphatic rings. The van der Waals surface area contributed by atoms with Gasteiger partial charge in [0, 0.05) is 6.04 Å². The lowest BCUT2D eigenvalue weighted by Crippen LogP contribution is -2.33. The van der Waals surface area contributed by atoms with Crippen LogP contribution in [0.3, 0.4) is 0 Å². The van der Waals surface area contributed by atoms with Crippen LogP contribution in [0.4, 0.5) is 0 Å². The number of rotatable bonds is 4. The quantitative estimate of drug-likeness (QED) is 0.839. The first kappa shape index (κ1) is 11.1. The minimum atomic E-state index is -0.169. The Labute approximate surface area is 88.4 Å². The Bertz CT molecular complexity index is 305. The van der Waals surface area contributed by atoms with E-state index in [-0.39, 0.29) is 17.2 Å². The van der Waals surface area contributed by atoms with Crippen molar-refractivity contribution >= 4 is 17.5 Å². The molecular formula is C10H14ClNO2. The number of nitrogens with one attached hydrogen (secondary N) is 1. The fourth-order valence-corrected chi connectivity index (χ4v) is 1.41. The van der Waals surface area contributed by atoms with Crippen LogP contribution in [0.5, 0.6) is 0 Å². The summed E-state index contributed by atoms with van der Waals surface area (Å²) < 4.78 is 4.84. The molecule has 1 heterocycles. The minimum Gasteiger partial charge on any atom is -0.452 e. The second-order valence-electron chi connectivity index (χ2n) is 3.09. The first-order chi connectivity index (χ1) is 6.69. The Morgan fingerprint density at radius 1 is 1.57 bits per heavy atom. The first-order valence-electron chi connectivity index (χ1n) is 4.72. The molecule has 0 atom stereocenters. The second kappa shape index (κ2) is 5.05. The highest BCUT2D eigenvalue weighted by atomic mass is 35.5. The molecular weight excluding hydrogens is 202 g/mol. The Balaban J connectivity index is 2.63. The molecule has 0 fully saturated rings. The highest BCUT2D eigenvalue weighted by Gasteiger charge is 2.15. The molecule has 0 aliphatic carbocycles. The molecule has 1 rings (SSSR count). The zero-order valence-corrected chi connectivity index (χ0v) is 9.10. The highest BCUT2D eigenvalue weighted by Crippen LogP contribution is 2.16. The van der Waals surface area contributed by atoms with Crippen LogP contribution in [-0.2, 0) is 0 Å². The van der Waals surface area contributed by atoms with Gasteiger partial charge in [-0.2, -0.15) is 0 Å². The molecule has 0 spiro atoms. The third-order valence-corrected chi connectivity index (χ3v) is 2.48. The van der Waals surface area contributed by atoms with Gasteiger partial charge < -0.3 is 9.73 Å². The third-order valence-electron chi connectivity index (χ3n) is 2.18. The van der Waals surface area contributed by atoms with Crippen LogP contribution < -0.4 is 5.32 Å². The molecule has 1 N–H and O–H groups in total. The van der Waals surface area contributed by atoms with Crippen molar-refractivity contribution in [2.45, 2.75) is 32.7 Å². The molecule has 1 amide bonds. The standard InChI is InChI=1S/C10H14ClNO2/c1-3-7(4-2)12-10(13)8-5-6-14-9(8)11/h5-7H,3-4H2,1-2H3,(H,12,13). The van der Waals surface area contributed by atoms with Crippen molar-refractivity contribution in [3.63, 3.8) is 0 Å². The normalized spacial score (nSPS) is 10.6. The summed E-state index contributed by atoms with van der Waals surface area (Å²) in [6.45, 7) is 4.07. The molecule has 0 aromatic carbocycles. The Morgan fingerprint density at radius 3 is 2.64 bits per heavy atom. The maximum absolute atomic E-state index is 11.6. The van der Waals surface area contributed by atoms with Gasteiger partial charge in [-0.3, -0.25) is 4.79 Å². The van der Waals surface area contributed by atoms with Gasteiger partial charge in [-0.15, -0.1) is 0 Å². The van der Waals surface area contributed by atoms with Gasteiger partial charge in [-0.05, 0) is 30.5 Å². The minimum absolute atomic E-state index is 0.147. The van der Waals surface area contributed by atoms with Crippen molar-refractivity contribution in [1.82, 2.24) is 5.32 Å². The average Bonchev–Trinajstić information content (AvgIpc) is 2.60. The van der Waals surface area contributed by atoms with E-state index in [4.69, 9.17) is 16.0 Å². The second-order valence-corrected chi connectivity index (χ2v) is 3.44. The van der Waals surface area contributed by atoms with Gasteiger partial charge in [-0.25, -0.2) is 0 Å². The largest absolute Gasteiger partial charge is 0.452 e. The summed E-state index contributed by atoms with van der Waals surface area (Å²) in [6, 6.07) is 1.77. The van der Waals surface area contributed by atoms with E-state index in [0.29, 0.717) is 5.56 Å². The number of hydrogen-bond acceptors (Lipinski definition) is 2. The van der Waals surface area contributed by atoms with E-state index in [2.05, 4.69) is 5.32 Å². The van der Waals surface area contributed by atoms with Crippen LogP contribution in [-0.4, -0.2) is 11.9 Å². The van der Waals surface area contributed by atoms with Gasteiger partial charge >= 0.3 is 0 Å². The van der Waals surface area contributed by atoms with E-state index in [9.17, 15) is 4.79 Å². The molecule has 0 saturated heterocycles.